The molecule has 0 atom stereocenters. The number of piperazine rings is 1. The van der Waals surface area contributed by atoms with Crippen LogP contribution in [0.15, 0.2) is 23.5 Å². The average Bonchev–Trinajstić information content (AvgIpc) is 2.76. The molecule has 10 heteroatoms. The predicted molar refractivity (Wildman–Crippen MR) is 109 cm³/mol. The van der Waals surface area contributed by atoms with Crippen molar-refractivity contribution < 1.29 is 13.9 Å². The van der Waals surface area contributed by atoms with Gasteiger partial charge in [-0.3, -0.25) is 4.90 Å². The molecule has 7 nitrogen and oxygen atoms in total. The summed E-state index contributed by atoms with van der Waals surface area (Å²) in [4.78, 5) is 12.5. The lowest BCUT2D eigenvalue weighted by Gasteiger charge is -2.37. The summed E-state index contributed by atoms with van der Waals surface area (Å²) in [5.74, 6) is 1.41. The predicted octanol–water partition coefficient (Wildman–Crippen LogP) is 2.83. The highest BCUT2D eigenvalue weighted by molar-refractivity contribution is 7.99. The van der Waals surface area contributed by atoms with Crippen LogP contribution in [0.4, 0.5) is 10.1 Å². The highest BCUT2D eigenvalue weighted by Gasteiger charge is 2.25. The quantitative estimate of drug-likeness (QED) is 0.403. The summed E-state index contributed by atoms with van der Waals surface area (Å²) >= 11 is 7.15. The molecule has 152 valence electrons. The minimum Gasteiger partial charge on any atom is -0.485 e. The van der Waals surface area contributed by atoms with E-state index in [-0.39, 0.29) is 5.15 Å². The maximum Gasteiger partial charge on any atom is 0.189 e. The van der Waals surface area contributed by atoms with Crippen LogP contribution in [0.2, 0.25) is 5.15 Å². The van der Waals surface area contributed by atoms with E-state index < -0.39 is 5.82 Å². The van der Waals surface area contributed by atoms with Crippen molar-refractivity contribution in [1.29, 1.82) is 5.26 Å². The number of hydrogen-bond donors (Lipinski definition) is 0. The van der Waals surface area contributed by atoms with Gasteiger partial charge in [-0.2, -0.15) is 5.26 Å². The zero-order valence-electron chi connectivity index (χ0n) is 15.6. The molecule has 0 spiro atoms. The molecule has 1 fully saturated rings. The Hall–Kier alpha value is -2.28. The van der Waals surface area contributed by atoms with E-state index >= 15 is 0 Å². The van der Waals surface area contributed by atoms with Crippen molar-refractivity contribution in [3.8, 4) is 17.6 Å². The molecule has 1 aromatic carbocycles. The van der Waals surface area contributed by atoms with Gasteiger partial charge >= 0.3 is 0 Å². The minimum absolute atomic E-state index is 0.145. The van der Waals surface area contributed by atoms with Gasteiger partial charge in [-0.25, -0.2) is 14.4 Å². The molecule has 1 saturated heterocycles. The zero-order chi connectivity index (χ0) is 20.2. The topological polar surface area (TPSA) is 74.5 Å². The van der Waals surface area contributed by atoms with E-state index in [0.717, 1.165) is 50.4 Å². The molecule has 0 unspecified atom stereocenters. The van der Waals surface area contributed by atoms with Crippen molar-refractivity contribution in [3.05, 3.63) is 34.9 Å². The van der Waals surface area contributed by atoms with Gasteiger partial charge in [0.25, 0.3) is 0 Å². The van der Waals surface area contributed by atoms with Gasteiger partial charge in [-0.1, -0.05) is 23.4 Å². The Bertz CT molecular complexity index is 934. The number of rotatable bonds is 5. The van der Waals surface area contributed by atoms with E-state index in [1.165, 1.54) is 11.8 Å². The molecule has 4 rings (SSSR count). The van der Waals surface area contributed by atoms with Crippen LogP contribution in [0.25, 0.3) is 0 Å². The molecule has 0 amide bonds. The molecule has 0 aliphatic carbocycles. The number of hydrogen-bond acceptors (Lipinski definition) is 8. The number of ether oxygens (including phenoxy) is 2. The number of benzene rings is 1. The summed E-state index contributed by atoms with van der Waals surface area (Å²) in [6.45, 7) is 5.34. The van der Waals surface area contributed by atoms with Gasteiger partial charge in [0.05, 0.1) is 17.4 Å². The third kappa shape index (κ3) is 4.50. The van der Waals surface area contributed by atoms with Gasteiger partial charge in [0.2, 0.25) is 0 Å². The van der Waals surface area contributed by atoms with Gasteiger partial charge in [0.1, 0.15) is 19.3 Å². The number of nitriles is 1. The summed E-state index contributed by atoms with van der Waals surface area (Å²) in [6, 6.07) is 5.89. The second-order valence-corrected chi connectivity index (χ2v) is 7.99. The van der Waals surface area contributed by atoms with Crippen molar-refractivity contribution >= 4 is 29.1 Å². The Morgan fingerprint density at radius 3 is 2.66 bits per heavy atom. The van der Waals surface area contributed by atoms with E-state index in [1.54, 1.807) is 6.07 Å². The fourth-order valence-electron chi connectivity index (χ4n) is 3.34. The fourth-order valence-corrected chi connectivity index (χ4v) is 4.33. The van der Waals surface area contributed by atoms with E-state index in [0.29, 0.717) is 35.4 Å². The van der Waals surface area contributed by atoms with E-state index in [9.17, 15) is 9.65 Å². The summed E-state index contributed by atoms with van der Waals surface area (Å²) in [6.07, 6.45) is 1.10. The molecular formula is C19H19ClFN5O2S. The molecule has 0 saturated carbocycles. The molecule has 2 aliphatic rings. The molecule has 29 heavy (non-hydrogen) atoms. The lowest BCUT2D eigenvalue weighted by Crippen LogP contribution is -2.47. The second-order valence-electron chi connectivity index (χ2n) is 6.57. The van der Waals surface area contributed by atoms with Crippen LogP contribution in [0, 0.1) is 17.1 Å². The summed E-state index contributed by atoms with van der Waals surface area (Å²) in [7, 11) is 0. The van der Waals surface area contributed by atoms with Gasteiger partial charge < -0.3 is 14.4 Å². The first-order chi connectivity index (χ1) is 14.2. The van der Waals surface area contributed by atoms with Gasteiger partial charge in [0, 0.05) is 38.5 Å². The van der Waals surface area contributed by atoms with E-state index in [4.69, 9.17) is 21.1 Å². The van der Waals surface area contributed by atoms with E-state index in [2.05, 4.69) is 25.8 Å². The van der Waals surface area contributed by atoms with Crippen LogP contribution in [-0.2, 0) is 0 Å². The third-order valence-electron chi connectivity index (χ3n) is 4.82. The van der Waals surface area contributed by atoms with Crippen LogP contribution in [0.3, 0.4) is 0 Å². The van der Waals surface area contributed by atoms with Crippen LogP contribution in [0.1, 0.15) is 5.56 Å². The maximum atomic E-state index is 13.1. The Morgan fingerprint density at radius 2 is 1.93 bits per heavy atom. The summed E-state index contributed by atoms with van der Waals surface area (Å²) in [5, 5.41) is 9.62. The fraction of sp³-hybridized carbons (Fsp3) is 0.421. The monoisotopic (exact) mass is 435 g/mol. The first-order valence-electron chi connectivity index (χ1n) is 9.26. The lowest BCUT2D eigenvalue weighted by atomic mass is 10.1. The Labute approximate surface area is 177 Å². The van der Waals surface area contributed by atoms with Crippen molar-refractivity contribution in [2.45, 2.75) is 5.16 Å². The van der Waals surface area contributed by atoms with Gasteiger partial charge in [0.15, 0.2) is 27.6 Å². The first-order valence-corrected chi connectivity index (χ1v) is 10.6. The maximum absolute atomic E-state index is 13.1. The highest BCUT2D eigenvalue weighted by atomic mass is 35.5. The molecule has 0 radical (unpaired) electrons. The molecular weight excluding hydrogens is 417 g/mol. The SMILES string of the molecule is N#Cc1ccc(N2CCN(CCSc3ncc(F)c(Cl)n3)CC2)c2c1OCCO2. The number of halogens is 2. The standard InChI is InChI=1S/C19H19ClFN5O2S/c20-18-14(21)12-23-19(24-18)29-10-7-25-3-5-26(6-4-25)15-2-1-13(11-22)16-17(15)28-9-8-27-16/h1-2,12H,3-10H2. The number of fused-ring (bicyclic) bond motifs is 1. The lowest BCUT2D eigenvalue weighted by molar-refractivity contribution is 0.171. The smallest absolute Gasteiger partial charge is 0.189 e. The van der Waals surface area contributed by atoms with Gasteiger partial charge in [-0.05, 0) is 12.1 Å². The summed E-state index contributed by atoms with van der Waals surface area (Å²) in [5.41, 5.74) is 1.48. The molecule has 2 aliphatic heterocycles. The molecule has 0 bridgehead atoms. The van der Waals surface area contributed by atoms with Crippen molar-refractivity contribution in [3.63, 3.8) is 0 Å². The molecule has 2 aromatic rings. The normalized spacial score (nSPS) is 16.5. The van der Waals surface area contributed by atoms with Crippen molar-refractivity contribution in [2.75, 3.05) is 56.6 Å². The third-order valence-corrected chi connectivity index (χ3v) is 5.93. The second kappa shape index (κ2) is 9.03. The molecule has 0 N–H and O–H groups in total. The van der Waals surface area contributed by atoms with Gasteiger partial charge in [-0.15, -0.1) is 0 Å². The Morgan fingerprint density at radius 1 is 1.17 bits per heavy atom. The summed E-state index contributed by atoms with van der Waals surface area (Å²) < 4.78 is 24.6. The van der Waals surface area contributed by atoms with Crippen LogP contribution >= 0.6 is 23.4 Å². The average molecular weight is 436 g/mol. The number of nitrogens with zero attached hydrogens (tertiary/aromatic N) is 5. The number of aromatic nitrogens is 2. The van der Waals surface area contributed by atoms with Crippen LogP contribution in [0.5, 0.6) is 11.5 Å². The van der Waals surface area contributed by atoms with Crippen molar-refractivity contribution in [1.82, 2.24) is 14.9 Å². The Balaban J connectivity index is 1.32. The van der Waals surface area contributed by atoms with Crippen molar-refractivity contribution in [2.24, 2.45) is 0 Å². The number of anilines is 1. The first kappa shape index (κ1) is 20.0. The van der Waals surface area contributed by atoms with E-state index in [1.807, 2.05) is 6.07 Å². The van der Waals surface area contributed by atoms with Crippen LogP contribution < -0.4 is 14.4 Å². The molecule has 3 heterocycles. The molecule has 1 aromatic heterocycles. The minimum atomic E-state index is -0.605. The highest BCUT2D eigenvalue weighted by Crippen LogP contribution is 2.42. The largest absolute Gasteiger partial charge is 0.485 e. The van der Waals surface area contributed by atoms with Crippen LogP contribution in [-0.4, -0.2) is 66.6 Å². The zero-order valence-corrected chi connectivity index (χ0v) is 17.2. The Kier molecular flexibility index (Phi) is 6.23. The number of thioether (sulfide) groups is 1.